The zero-order valence-electron chi connectivity index (χ0n) is 23.1. The highest BCUT2D eigenvalue weighted by Gasteiger charge is 2.36. The van der Waals surface area contributed by atoms with Crippen molar-refractivity contribution in [2.45, 2.75) is 19.3 Å². The van der Waals surface area contributed by atoms with Gasteiger partial charge in [-0.3, -0.25) is 0 Å². The molecule has 2 nitrogen and oxygen atoms in total. The number of rotatable bonds is 4. The molecule has 0 N–H and O–H groups in total. The monoisotopic (exact) mass is 527 g/mol. The molecule has 41 heavy (non-hydrogen) atoms. The lowest BCUT2D eigenvalue weighted by atomic mass is 9.82. The summed E-state index contributed by atoms with van der Waals surface area (Å²) in [6.07, 6.45) is 0. The summed E-state index contributed by atoms with van der Waals surface area (Å²) in [4.78, 5) is 2.30. The molecule has 1 aliphatic rings. The molecule has 1 aromatic heterocycles. The standard InChI is InChI=1S/C39H29NO/c1-39(2)34-21-13-12-20-30(34)32-24-33-36(25-35(32)39)41-37-23-29(22-31(38(33)37)26-14-6-3-7-15-26)40(27-16-8-4-9-17-27)28-18-10-5-11-19-28/h3-25H,1-2H3. The molecule has 0 spiro atoms. The van der Waals surface area contributed by atoms with E-state index in [9.17, 15) is 0 Å². The molecule has 6 aromatic carbocycles. The van der Waals surface area contributed by atoms with Gasteiger partial charge in [-0.15, -0.1) is 0 Å². The Balaban J connectivity index is 1.44. The number of para-hydroxylation sites is 2. The van der Waals surface area contributed by atoms with Gasteiger partial charge >= 0.3 is 0 Å². The van der Waals surface area contributed by atoms with E-state index in [4.69, 9.17) is 4.42 Å². The minimum Gasteiger partial charge on any atom is -0.456 e. The van der Waals surface area contributed by atoms with Crippen LogP contribution in [0.2, 0.25) is 0 Å². The van der Waals surface area contributed by atoms with Gasteiger partial charge in [0.25, 0.3) is 0 Å². The second-order valence-corrected chi connectivity index (χ2v) is 11.4. The Bertz CT molecular complexity index is 2010. The summed E-state index contributed by atoms with van der Waals surface area (Å²) in [7, 11) is 0. The minimum absolute atomic E-state index is 0.0794. The first-order chi connectivity index (χ1) is 20.1. The Morgan fingerprint density at radius 2 is 1.10 bits per heavy atom. The van der Waals surface area contributed by atoms with Gasteiger partial charge in [0, 0.05) is 33.6 Å². The van der Waals surface area contributed by atoms with Crippen molar-refractivity contribution in [1.82, 2.24) is 0 Å². The van der Waals surface area contributed by atoms with Crippen LogP contribution in [0.5, 0.6) is 0 Å². The first-order valence-corrected chi connectivity index (χ1v) is 14.2. The summed E-state index contributed by atoms with van der Waals surface area (Å²) in [6, 6.07) is 49.7. The number of furan rings is 1. The van der Waals surface area contributed by atoms with Crippen LogP contribution in [0, 0.1) is 0 Å². The Morgan fingerprint density at radius 1 is 0.488 bits per heavy atom. The van der Waals surface area contributed by atoms with Gasteiger partial charge in [-0.1, -0.05) is 105 Å². The number of anilines is 3. The van der Waals surface area contributed by atoms with E-state index in [1.807, 2.05) is 0 Å². The molecule has 1 heterocycles. The Morgan fingerprint density at radius 3 is 1.78 bits per heavy atom. The average Bonchev–Trinajstić information content (AvgIpc) is 3.49. The van der Waals surface area contributed by atoms with Crippen molar-refractivity contribution < 1.29 is 4.42 Å². The Hall–Kier alpha value is -5.08. The summed E-state index contributed by atoms with van der Waals surface area (Å²) < 4.78 is 6.77. The molecule has 7 aromatic rings. The molecule has 0 radical (unpaired) electrons. The van der Waals surface area contributed by atoms with Crippen LogP contribution in [0.4, 0.5) is 17.1 Å². The highest BCUT2D eigenvalue weighted by molar-refractivity contribution is 6.15. The molecular formula is C39H29NO. The van der Waals surface area contributed by atoms with Gasteiger partial charge in [0.1, 0.15) is 11.2 Å². The van der Waals surface area contributed by atoms with Crippen molar-refractivity contribution in [1.29, 1.82) is 0 Å². The van der Waals surface area contributed by atoms with Gasteiger partial charge in [-0.2, -0.15) is 0 Å². The van der Waals surface area contributed by atoms with Gasteiger partial charge in [0.15, 0.2) is 0 Å². The second-order valence-electron chi connectivity index (χ2n) is 11.4. The van der Waals surface area contributed by atoms with Crippen LogP contribution in [0.25, 0.3) is 44.2 Å². The van der Waals surface area contributed by atoms with Crippen LogP contribution < -0.4 is 4.90 Å². The van der Waals surface area contributed by atoms with E-state index in [1.165, 1.54) is 33.4 Å². The maximum Gasteiger partial charge on any atom is 0.138 e. The summed E-state index contributed by atoms with van der Waals surface area (Å²) in [5.74, 6) is 0. The highest BCUT2D eigenvalue weighted by atomic mass is 16.3. The zero-order valence-corrected chi connectivity index (χ0v) is 23.1. The van der Waals surface area contributed by atoms with E-state index >= 15 is 0 Å². The van der Waals surface area contributed by atoms with Crippen LogP contribution in [0.1, 0.15) is 25.0 Å². The maximum atomic E-state index is 6.77. The number of benzene rings is 6. The molecule has 0 unspecified atom stereocenters. The van der Waals surface area contributed by atoms with Gasteiger partial charge in [0.2, 0.25) is 0 Å². The molecule has 0 amide bonds. The fourth-order valence-corrected chi connectivity index (χ4v) is 6.66. The minimum atomic E-state index is -0.0794. The number of hydrogen-bond acceptors (Lipinski definition) is 2. The maximum absolute atomic E-state index is 6.77. The molecule has 0 fully saturated rings. The molecule has 8 rings (SSSR count). The topological polar surface area (TPSA) is 16.4 Å². The summed E-state index contributed by atoms with van der Waals surface area (Å²) in [6.45, 7) is 4.63. The lowest BCUT2D eigenvalue weighted by Gasteiger charge is -2.26. The predicted molar refractivity (Wildman–Crippen MR) is 171 cm³/mol. The van der Waals surface area contributed by atoms with Crippen LogP contribution in [-0.2, 0) is 5.41 Å². The highest BCUT2D eigenvalue weighted by Crippen LogP contribution is 2.52. The van der Waals surface area contributed by atoms with Crippen LogP contribution >= 0.6 is 0 Å². The van der Waals surface area contributed by atoms with E-state index in [2.05, 4.69) is 158 Å². The SMILES string of the molecule is CC1(C)c2ccccc2-c2cc3c(cc21)oc1cc(N(c2ccccc2)c2ccccc2)cc(-c2ccccc2)c13. The first-order valence-electron chi connectivity index (χ1n) is 14.2. The van der Waals surface area contributed by atoms with Crippen molar-refractivity contribution in [3.05, 3.63) is 151 Å². The quantitative estimate of drug-likeness (QED) is 0.226. The van der Waals surface area contributed by atoms with Gasteiger partial charge < -0.3 is 9.32 Å². The molecule has 2 heteroatoms. The molecule has 0 saturated carbocycles. The lowest BCUT2D eigenvalue weighted by Crippen LogP contribution is -2.14. The van der Waals surface area contributed by atoms with Gasteiger partial charge in [-0.25, -0.2) is 0 Å². The summed E-state index contributed by atoms with van der Waals surface area (Å²) in [5.41, 5.74) is 12.7. The zero-order chi connectivity index (χ0) is 27.6. The van der Waals surface area contributed by atoms with Crippen molar-refractivity contribution in [3.8, 4) is 22.3 Å². The van der Waals surface area contributed by atoms with Crippen LogP contribution in [0.3, 0.4) is 0 Å². The fraction of sp³-hybridized carbons (Fsp3) is 0.0769. The molecule has 0 saturated heterocycles. The third kappa shape index (κ3) is 3.64. The molecular weight excluding hydrogens is 498 g/mol. The van der Waals surface area contributed by atoms with E-state index in [-0.39, 0.29) is 5.41 Å². The molecule has 0 atom stereocenters. The van der Waals surface area contributed by atoms with Crippen LogP contribution in [0.15, 0.2) is 144 Å². The summed E-state index contributed by atoms with van der Waals surface area (Å²) >= 11 is 0. The first kappa shape index (κ1) is 23.8. The number of fused-ring (bicyclic) bond motifs is 6. The average molecular weight is 528 g/mol. The van der Waals surface area contributed by atoms with Crippen molar-refractivity contribution in [2.75, 3.05) is 4.90 Å². The van der Waals surface area contributed by atoms with Gasteiger partial charge in [-0.05, 0) is 75.8 Å². The van der Waals surface area contributed by atoms with Gasteiger partial charge in [0.05, 0.1) is 5.69 Å². The third-order valence-electron chi connectivity index (χ3n) is 8.63. The van der Waals surface area contributed by atoms with E-state index in [0.717, 1.165) is 39.0 Å². The van der Waals surface area contributed by atoms with Crippen molar-refractivity contribution in [3.63, 3.8) is 0 Å². The number of nitrogens with zero attached hydrogens (tertiary/aromatic N) is 1. The number of hydrogen-bond donors (Lipinski definition) is 0. The third-order valence-corrected chi connectivity index (χ3v) is 8.63. The van der Waals surface area contributed by atoms with Crippen molar-refractivity contribution >= 4 is 39.0 Å². The lowest BCUT2D eigenvalue weighted by molar-refractivity contribution is 0.647. The normalized spacial score (nSPS) is 13.3. The van der Waals surface area contributed by atoms with Crippen LogP contribution in [-0.4, -0.2) is 0 Å². The Kier molecular flexibility index (Phi) is 5.20. The van der Waals surface area contributed by atoms with E-state index in [0.29, 0.717) is 0 Å². The predicted octanol–water partition coefficient (Wildman–Crippen LogP) is 11.0. The molecule has 0 bridgehead atoms. The summed E-state index contributed by atoms with van der Waals surface area (Å²) in [5, 5.41) is 2.31. The molecule has 0 aliphatic heterocycles. The Labute approximate surface area is 240 Å². The molecule has 196 valence electrons. The fourth-order valence-electron chi connectivity index (χ4n) is 6.66. The van der Waals surface area contributed by atoms with E-state index in [1.54, 1.807) is 0 Å². The largest absolute Gasteiger partial charge is 0.456 e. The smallest absolute Gasteiger partial charge is 0.138 e. The second kappa shape index (κ2) is 8.97. The van der Waals surface area contributed by atoms with E-state index < -0.39 is 0 Å². The molecule has 1 aliphatic carbocycles. The van der Waals surface area contributed by atoms with Crippen molar-refractivity contribution in [2.24, 2.45) is 0 Å².